The van der Waals surface area contributed by atoms with Gasteiger partial charge in [0, 0.05) is 12.6 Å². The van der Waals surface area contributed by atoms with E-state index < -0.39 is 0 Å². The number of carbonyl (C=O) groups excluding carboxylic acids is 1. The number of rotatable bonds is 5. The maximum atomic E-state index is 12.0. The molecule has 3 aromatic rings. The molecule has 0 atom stereocenters. The van der Waals surface area contributed by atoms with Crippen LogP contribution in [0.3, 0.4) is 0 Å². The molecule has 0 aliphatic carbocycles. The molecular formula is C20H18N2O. The quantitative estimate of drug-likeness (QED) is 0.566. The molecular weight excluding hydrogens is 284 g/mol. The Bertz CT molecular complexity index is 820. The first kappa shape index (κ1) is 15.0. The summed E-state index contributed by atoms with van der Waals surface area (Å²) < 4.78 is 0. The summed E-state index contributed by atoms with van der Waals surface area (Å²) in [6, 6.07) is 24.1. The van der Waals surface area contributed by atoms with Crippen molar-refractivity contribution in [1.29, 1.82) is 0 Å². The van der Waals surface area contributed by atoms with Gasteiger partial charge >= 0.3 is 0 Å². The fourth-order valence-corrected chi connectivity index (χ4v) is 2.54. The Kier molecular flexibility index (Phi) is 4.79. The Morgan fingerprint density at radius 1 is 0.913 bits per heavy atom. The highest BCUT2D eigenvalue weighted by molar-refractivity contribution is 5.90. The lowest BCUT2D eigenvalue weighted by Gasteiger charge is -2.05. The van der Waals surface area contributed by atoms with Crippen LogP contribution in [0.25, 0.3) is 10.8 Å². The van der Waals surface area contributed by atoms with Crippen molar-refractivity contribution in [3.63, 3.8) is 0 Å². The minimum Gasteiger partial charge on any atom is -0.273 e. The first-order chi connectivity index (χ1) is 11.3. The molecule has 0 aliphatic rings. The minimum absolute atomic E-state index is 0.106. The van der Waals surface area contributed by atoms with Gasteiger partial charge in [-0.15, -0.1) is 0 Å². The summed E-state index contributed by atoms with van der Waals surface area (Å²) in [5.41, 5.74) is 4.78. The van der Waals surface area contributed by atoms with Gasteiger partial charge in [0.15, 0.2) is 0 Å². The third-order valence-corrected chi connectivity index (χ3v) is 3.68. The van der Waals surface area contributed by atoms with Gasteiger partial charge in [-0.2, -0.15) is 5.10 Å². The largest absolute Gasteiger partial charge is 0.273 e. The van der Waals surface area contributed by atoms with E-state index >= 15 is 0 Å². The van der Waals surface area contributed by atoms with Gasteiger partial charge in [-0.25, -0.2) is 5.43 Å². The third-order valence-electron chi connectivity index (χ3n) is 3.68. The van der Waals surface area contributed by atoms with Gasteiger partial charge in [0.05, 0.1) is 6.42 Å². The molecule has 114 valence electrons. The molecule has 0 aliphatic heterocycles. The van der Waals surface area contributed by atoms with E-state index in [-0.39, 0.29) is 5.91 Å². The normalized spacial score (nSPS) is 11.0. The van der Waals surface area contributed by atoms with Crippen molar-refractivity contribution in [2.24, 2.45) is 5.10 Å². The van der Waals surface area contributed by atoms with Crippen LogP contribution in [0.15, 0.2) is 77.9 Å². The molecule has 23 heavy (non-hydrogen) atoms. The Morgan fingerprint density at radius 2 is 1.65 bits per heavy atom. The zero-order valence-electron chi connectivity index (χ0n) is 12.8. The summed E-state index contributed by atoms with van der Waals surface area (Å²) >= 11 is 0. The number of nitrogens with zero attached hydrogens (tertiary/aromatic N) is 1. The smallest absolute Gasteiger partial charge is 0.244 e. The highest BCUT2D eigenvalue weighted by atomic mass is 16.2. The molecule has 0 saturated carbocycles. The van der Waals surface area contributed by atoms with Gasteiger partial charge in [0.25, 0.3) is 0 Å². The van der Waals surface area contributed by atoms with Crippen LogP contribution in [0.4, 0.5) is 0 Å². The van der Waals surface area contributed by atoms with Crippen molar-refractivity contribution < 1.29 is 4.79 Å². The van der Waals surface area contributed by atoms with Crippen molar-refractivity contribution in [1.82, 2.24) is 5.43 Å². The molecule has 3 nitrogen and oxygen atoms in total. The average Bonchev–Trinajstić information content (AvgIpc) is 2.60. The summed E-state index contributed by atoms with van der Waals surface area (Å²) in [7, 11) is 0. The highest BCUT2D eigenvalue weighted by Crippen LogP contribution is 2.18. The number of nitrogens with one attached hydrogen (secondary N) is 1. The Balaban J connectivity index is 1.59. The number of fused-ring (bicyclic) bond motifs is 1. The number of carbonyl (C=O) groups is 1. The topological polar surface area (TPSA) is 41.5 Å². The summed E-state index contributed by atoms with van der Waals surface area (Å²) in [4.78, 5) is 12.0. The standard InChI is InChI=1S/C20H18N2O/c23-20(22-21-14-13-16-7-2-1-3-8-16)15-18-11-6-10-17-9-4-5-12-19(17)18/h1-12,14H,13,15H2,(H,22,23). The molecule has 0 aromatic heterocycles. The second-order valence-corrected chi connectivity index (χ2v) is 5.35. The van der Waals surface area contributed by atoms with Gasteiger partial charge in [-0.3, -0.25) is 4.79 Å². The van der Waals surface area contributed by atoms with E-state index in [0.29, 0.717) is 12.8 Å². The SMILES string of the molecule is O=C(Cc1cccc2ccccc12)NN=CCc1ccccc1. The van der Waals surface area contributed by atoms with Crippen molar-refractivity contribution >= 4 is 22.9 Å². The lowest BCUT2D eigenvalue weighted by molar-refractivity contribution is -0.120. The Labute approximate surface area is 135 Å². The van der Waals surface area contributed by atoms with Crippen LogP contribution in [-0.2, 0) is 17.6 Å². The third kappa shape index (κ3) is 4.04. The Hall–Kier alpha value is -2.94. The van der Waals surface area contributed by atoms with E-state index in [0.717, 1.165) is 16.3 Å². The van der Waals surface area contributed by atoms with Crippen LogP contribution in [0.5, 0.6) is 0 Å². The molecule has 1 N–H and O–H groups in total. The minimum atomic E-state index is -0.106. The first-order valence-corrected chi connectivity index (χ1v) is 7.64. The van der Waals surface area contributed by atoms with E-state index in [1.807, 2.05) is 60.7 Å². The lowest BCUT2D eigenvalue weighted by Crippen LogP contribution is -2.20. The average molecular weight is 302 g/mol. The summed E-state index contributed by atoms with van der Waals surface area (Å²) in [6.45, 7) is 0. The zero-order valence-corrected chi connectivity index (χ0v) is 12.8. The first-order valence-electron chi connectivity index (χ1n) is 7.64. The second-order valence-electron chi connectivity index (χ2n) is 5.35. The summed E-state index contributed by atoms with van der Waals surface area (Å²) in [5.74, 6) is -0.106. The maximum Gasteiger partial charge on any atom is 0.244 e. The second kappa shape index (κ2) is 7.36. The van der Waals surface area contributed by atoms with Crippen molar-refractivity contribution in [3.8, 4) is 0 Å². The van der Waals surface area contributed by atoms with E-state index in [1.54, 1.807) is 6.21 Å². The van der Waals surface area contributed by atoms with E-state index in [4.69, 9.17) is 0 Å². The number of amides is 1. The van der Waals surface area contributed by atoms with Gasteiger partial charge in [0.2, 0.25) is 5.91 Å². The molecule has 0 saturated heterocycles. The van der Waals surface area contributed by atoms with Gasteiger partial charge in [-0.1, -0.05) is 72.8 Å². The predicted octanol–water partition coefficient (Wildman–Crippen LogP) is 3.73. The van der Waals surface area contributed by atoms with Crippen molar-refractivity contribution in [3.05, 3.63) is 83.9 Å². The van der Waals surface area contributed by atoms with E-state index in [2.05, 4.69) is 22.7 Å². The predicted molar refractivity (Wildman–Crippen MR) is 94.4 cm³/mol. The fraction of sp³-hybridized carbons (Fsp3) is 0.100. The highest BCUT2D eigenvalue weighted by Gasteiger charge is 2.05. The number of hydrogen-bond acceptors (Lipinski definition) is 2. The van der Waals surface area contributed by atoms with Crippen LogP contribution >= 0.6 is 0 Å². The number of benzene rings is 3. The van der Waals surface area contributed by atoms with E-state index in [1.165, 1.54) is 5.56 Å². The number of hydrazone groups is 1. The number of hydrogen-bond donors (Lipinski definition) is 1. The molecule has 0 unspecified atom stereocenters. The van der Waals surface area contributed by atoms with Crippen LogP contribution in [-0.4, -0.2) is 12.1 Å². The molecule has 1 amide bonds. The monoisotopic (exact) mass is 302 g/mol. The van der Waals surface area contributed by atoms with E-state index in [9.17, 15) is 4.79 Å². The maximum absolute atomic E-state index is 12.0. The van der Waals surface area contributed by atoms with Gasteiger partial charge in [0.1, 0.15) is 0 Å². The molecule has 0 spiro atoms. The van der Waals surface area contributed by atoms with Gasteiger partial charge < -0.3 is 0 Å². The Morgan fingerprint density at radius 3 is 2.52 bits per heavy atom. The van der Waals surface area contributed by atoms with Crippen LogP contribution in [0, 0.1) is 0 Å². The summed E-state index contributed by atoms with van der Waals surface area (Å²) in [6.07, 6.45) is 2.75. The summed E-state index contributed by atoms with van der Waals surface area (Å²) in [5, 5.41) is 6.27. The molecule has 0 fully saturated rings. The molecule has 3 heteroatoms. The lowest BCUT2D eigenvalue weighted by atomic mass is 10.0. The fourth-order valence-electron chi connectivity index (χ4n) is 2.54. The zero-order chi connectivity index (χ0) is 15.9. The van der Waals surface area contributed by atoms with Crippen molar-refractivity contribution in [2.45, 2.75) is 12.8 Å². The van der Waals surface area contributed by atoms with Crippen LogP contribution < -0.4 is 5.43 Å². The van der Waals surface area contributed by atoms with Gasteiger partial charge in [-0.05, 0) is 21.9 Å². The van der Waals surface area contributed by atoms with Crippen LogP contribution in [0.1, 0.15) is 11.1 Å². The molecule has 0 bridgehead atoms. The molecule has 3 aromatic carbocycles. The molecule has 3 rings (SSSR count). The molecule has 0 heterocycles. The van der Waals surface area contributed by atoms with Crippen molar-refractivity contribution in [2.75, 3.05) is 0 Å². The van der Waals surface area contributed by atoms with Crippen LogP contribution in [0.2, 0.25) is 0 Å². The molecule has 0 radical (unpaired) electrons.